The van der Waals surface area contributed by atoms with Crippen molar-refractivity contribution in [3.8, 4) is 5.75 Å². The fourth-order valence-corrected chi connectivity index (χ4v) is 1.50. The zero-order valence-electron chi connectivity index (χ0n) is 8.97. The van der Waals surface area contributed by atoms with Gasteiger partial charge in [-0.15, -0.1) is 0 Å². The van der Waals surface area contributed by atoms with Crippen molar-refractivity contribution in [2.45, 2.75) is 13.3 Å². The molecule has 0 saturated carbocycles. The van der Waals surface area contributed by atoms with Gasteiger partial charge in [0.15, 0.2) is 0 Å². The molecule has 1 heterocycles. The predicted molar refractivity (Wildman–Crippen MR) is 62.7 cm³/mol. The summed E-state index contributed by atoms with van der Waals surface area (Å²) in [5, 5.41) is 5.46. The van der Waals surface area contributed by atoms with E-state index >= 15 is 0 Å². The summed E-state index contributed by atoms with van der Waals surface area (Å²) in [6.45, 7) is 2.07. The third kappa shape index (κ3) is 1.86. The second kappa shape index (κ2) is 4.17. The molecule has 2 aromatic rings. The van der Waals surface area contributed by atoms with E-state index < -0.39 is 0 Å². The van der Waals surface area contributed by atoms with Crippen molar-refractivity contribution >= 4 is 17.1 Å². The molecule has 0 spiro atoms. The molecule has 0 bridgehead atoms. The molecule has 1 aromatic carbocycles. The maximum absolute atomic E-state index is 5.16. The summed E-state index contributed by atoms with van der Waals surface area (Å²) in [5.74, 6) is 0.875. The summed E-state index contributed by atoms with van der Waals surface area (Å²) in [6.07, 6.45) is 4.79. The van der Waals surface area contributed by atoms with E-state index in [2.05, 4.69) is 12.0 Å². The second-order valence-corrected chi connectivity index (χ2v) is 3.29. The molecular formula is C12H14N2O. The number of methoxy groups -OCH3 is 1. The first kappa shape index (κ1) is 9.77. The number of hydrogen-bond donors (Lipinski definition) is 0. The van der Waals surface area contributed by atoms with Crippen molar-refractivity contribution in [2.24, 2.45) is 5.10 Å². The maximum atomic E-state index is 5.16. The van der Waals surface area contributed by atoms with Crippen LogP contribution in [0.1, 0.15) is 13.3 Å². The van der Waals surface area contributed by atoms with Crippen LogP contribution in [0.25, 0.3) is 10.9 Å². The molecule has 0 radical (unpaired) electrons. The first-order chi connectivity index (χ1) is 7.35. The molecule has 15 heavy (non-hydrogen) atoms. The van der Waals surface area contributed by atoms with Crippen LogP contribution in [0.15, 0.2) is 35.6 Å². The molecular weight excluding hydrogens is 188 g/mol. The standard InChI is InChI=1S/C12H14N2O/c1-3-7-13-14-8-6-10-9-11(15-2)4-5-12(10)14/h4-9H,3H2,1-2H3/b13-7+. The molecule has 0 unspecified atom stereocenters. The van der Waals surface area contributed by atoms with Crippen molar-refractivity contribution in [1.29, 1.82) is 0 Å². The van der Waals surface area contributed by atoms with Gasteiger partial charge in [-0.2, -0.15) is 5.10 Å². The number of hydrogen-bond acceptors (Lipinski definition) is 2. The minimum absolute atomic E-state index is 0.875. The Labute approximate surface area is 89.0 Å². The van der Waals surface area contributed by atoms with Crippen LogP contribution in [0.2, 0.25) is 0 Å². The van der Waals surface area contributed by atoms with Crippen LogP contribution >= 0.6 is 0 Å². The number of rotatable bonds is 3. The molecule has 0 atom stereocenters. The van der Waals surface area contributed by atoms with Crippen LogP contribution in [0, 0.1) is 0 Å². The van der Waals surface area contributed by atoms with E-state index in [-0.39, 0.29) is 0 Å². The largest absolute Gasteiger partial charge is 0.497 e. The molecule has 1 aromatic heterocycles. The fourth-order valence-electron chi connectivity index (χ4n) is 1.50. The number of nitrogens with zero attached hydrogens (tertiary/aromatic N) is 2. The molecule has 0 aliphatic carbocycles. The molecule has 0 aliphatic heterocycles. The van der Waals surface area contributed by atoms with Crippen LogP contribution < -0.4 is 4.74 Å². The summed E-state index contributed by atoms with van der Waals surface area (Å²) in [5.41, 5.74) is 1.10. The third-order valence-electron chi connectivity index (χ3n) is 2.27. The van der Waals surface area contributed by atoms with E-state index in [9.17, 15) is 0 Å². The first-order valence-electron chi connectivity index (χ1n) is 5.03. The molecule has 78 valence electrons. The topological polar surface area (TPSA) is 26.5 Å². The van der Waals surface area contributed by atoms with Crippen LogP contribution in [-0.2, 0) is 0 Å². The van der Waals surface area contributed by atoms with Gasteiger partial charge in [0, 0.05) is 17.8 Å². The zero-order chi connectivity index (χ0) is 10.7. The Balaban J connectivity index is 2.47. The molecule has 2 rings (SSSR count). The van der Waals surface area contributed by atoms with Crippen molar-refractivity contribution in [3.05, 3.63) is 30.5 Å². The molecule has 0 saturated heterocycles. The van der Waals surface area contributed by atoms with Crippen molar-refractivity contribution in [3.63, 3.8) is 0 Å². The smallest absolute Gasteiger partial charge is 0.119 e. The van der Waals surface area contributed by atoms with Gasteiger partial charge in [-0.25, -0.2) is 4.68 Å². The Kier molecular flexibility index (Phi) is 2.72. The number of aromatic nitrogens is 1. The lowest BCUT2D eigenvalue weighted by Gasteiger charge is -2.00. The average Bonchev–Trinajstić information content (AvgIpc) is 2.68. The van der Waals surface area contributed by atoms with Gasteiger partial charge in [-0.1, -0.05) is 6.92 Å². The van der Waals surface area contributed by atoms with Gasteiger partial charge in [0.2, 0.25) is 0 Å². The maximum Gasteiger partial charge on any atom is 0.119 e. The van der Waals surface area contributed by atoms with Gasteiger partial charge < -0.3 is 4.74 Å². The summed E-state index contributed by atoms with van der Waals surface area (Å²) in [7, 11) is 1.67. The van der Waals surface area contributed by atoms with E-state index in [4.69, 9.17) is 4.74 Å². The second-order valence-electron chi connectivity index (χ2n) is 3.29. The van der Waals surface area contributed by atoms with E-state index in [0.29, 0.717) is 0 Å². The van der Waals surface area contributed by atoms with Gasteiger partial charge in [0.05, 0.1) is 12.6 Å². The van der Waals surface area contributed by atoms with Crippen molar-refractivity contribution in [2.75, 3.05) is 7.11 Å². The number of ether oxygens (including phenoxy) is 1. The summed E-state index contributed by atoms with van der Waals surface area (Å²) in [4.78, 5) is 0. The van der Waals surface area contributed by atoms with E-state index in [1.807, 2.05) is 41.4 Å². The Bertz CT molecular complexity index is 485. The molecule has 0 amide bonds. The summed E-state index contributed by atoms with van der Waals surface area (Å²) >= 11 is 0. The lowest BCUT2D eigenvalue weighted by atomic mass is 10.2. The molecule has 0 fully saturated rings. The van der Waals surface area contributed by atoms with Gasteiger partial charge in [-0.3, -0.25) is 0 Å². The normalized spacial score (nSPS) is 11.3. The quantitative estimate of drug-likeness (QED) is 0.703. The van der Waals surface area contributed by atoms with Gasteiger partial charge in [0.1, 0.15) is 5.75 Å². The molecule has 3 nitrogen and oxygen atoms in total. The van der Waals surface area contributed by atoms with E-state index in [0.717, 1.165) is 23.1 Å². The van der Waals surface area contributed by atoms with E-state index in [1.165, 1.54) is 0 Å². The SMILES string of the molecule is CC/C=N/n1ccc2cc(OC)ccc21. The number of fused-ring (bicyclic) bond motifs is 1. The fraction of sp³-hybridized carbons (Fsp3) is 0.250. The molecule has 0 aliphatic rings. The molecule has 0 N–H and O–H groups in total. The van der Waals surface area contributed by atoms with Crippen LogP contribution in [0.4, 0.5) is 0 Å². The number of benzene rings is 1. The Morgan fingerprint density at radius 1 is 1.40 bits per heavy atom. The first-order valence-corrected chi connectivity index (χ1v) is 5.03. The minimum atomic E-state index is 0.875. The lowest BCUT2D eigenvalue weighted by molar-refractivity contribution is 0.415. The predicted octanol–water partition coefficient (Wildman–Crippen LogP) is 2.89. The lowest BCUT2D eigenvalue weighted by Crippen LogP contribution is -1.87. The summed E-state index contributed by atoms with van der Waals surface area (Å²) in [6, 6.07) is 8.00. The Hall–Kier alpha value is -1.77. The van der Waals surface area contributed by atoms with Gasteiger partial charge in [-0.05, 0) is 30.7 Å². The van der Waals surface area contributed by atoms with Crippen molar-refractivity contribution in [1.82, 2.24) is 4.68 Å². The highest BCUT2D eigenvalue weighted by atomic mass is 16.5. The van der Waals surface area contributed by atoms with Gasteiger partial charge >= 0.3 is 0 Å². The Morgan fingerprint density at radius 3 is 3.00 bits per heavy atom. The molecule has 3 heteroatoms. The summed E-state index contributed by atoms with van der Waals surface area (Å²) < 4.78 is 7.04. The van der Waals surface area contributed by atoms with E-state index in [1.54, 1.807) is 7.11 Å². The highest BCUT2D eigenvalue weighted by Crippen LogP contribution is 2.21. The highest BCUT2D eigenvalue weighted by Gasteiger charge is 2.00. The van der Waals surface area contributed by atoms with Crippen molar-refractivity contribution < 1.29 is 4.74 Å². The zero-order valence-corrected chi connectivity index (χ0v) is 8.97. The monoisotopic (exact) mass is 202 g/mol. The minimum Gasteiger partial charge on any atom is -0.497 e. The third-order valence-corrected chi connectivity index (χ3v) is 2.27. The van der Waals surface area contributed by atoms with Crippen LogP contribution in [0.3, 0.4) is 0 Å². The average molecular weight is 202 g/mol. The highest BCUT2D eigenvalue weighted by molar-refractivity contribution is 5.82. The van der Waals surface area contributed by atoms with Crippen LogP contribution in [0.5, 0.6) is 5.75 Å². The van der Waals surface area contributed by atoms with Crippen LogP contribution in [-0.4, -0.2) is 18.0 Å². The van der Waals surface area contributed by atoms with Gasteiger partial charge in [0.25, 0.3) is 0 Å². The Morgan fingerprint density at radius 2 is 2.27 bits per heavy atom.